The van der Waals surface area contributed by atoms with Crippen LogP contribution < -0.4 is 4.48 Å². The van der Waals surface area contributed by atoms with Gasteiger partial charge in [-0.1, -0.05) is 36.9 Å². The van der Waals surface area contributed by atoms with Gasteiger partial charge in [-0.25, -0.2) is 0 Å². The van der Waals surface area contributed by atoms with Crippen LogP contribution in [0.3, 0.4) is 0 Å². The Hall–Kier alpha value is -1.86. The lowest BCUT2D eigenvalue weighted by atomic mass is 9.99. The molecule has 1 aliphatic rings. The fraction of sp³-hybridized carbons (Fsp3) is 0.333. The van der Waals surface area contributed by atoms with E-state index in [4.69, 9.17) is 0 Å². The van der Waals surface area contributed by atoms with Crippen molar-refractivity contribution in [1.29, 1.82) is 0 Å². The Morgan fingerprint density at radius 2 is 1.32 bits per heavy atom. The molecule has 1 heteroatoms. The van der Waals surface area contributed by atoms with E-state index in [0.29, 0.717) is 0 Å². The van der Waals surface area contributed by atoms with Gasteiger partial charge in [0.05, 0.1) is 20.1 Å². The Labute approximate surface area is 134 Å². The molecular weight excluding hydrogens is 266 g/mol. The van der Waals surface area contributed by atoms with Gasteiger partial charge in [0.1, 0.15) is 5.69 Å². The molecule has 0 aromatic heterocycles. The molecule has 0 N–H and O–H groups in total. The first kappa shape index (κ1) is 15.1. The average Bonchev–Trinajstić information content (AvgIpc) is 2.81. The molecule has 3 rings (SSSR count). The van der Waals surface area contributed by atoms with E-state index < -0.39 is 0 Å². The number of hydrogen-bond donors (Lipinski definition) is 0. The summed E-state index contributed by atoms with van der Waals surface area (Å²) >= 11 is 0. The summed E-state index contributed by atoms with van der Waals surface area (Å²) in [6.07, 6.45) is 5.46. The summed E-state index contributed by atoms with van der Waals surface area (Å²) in [5, 5.41) is 0. The molecule has 1 heterocycles. The molecule has 22 heavy (non-hydrogen) atoms. The Kier molecular flexibility index (Phi) is 4.44. The molecular formula is C21H26N+. The van der Waals surface area contributed by atoms with Gasteiger partial charge in [0.15, 0.2) is 0 Å². The minimum Gasteiger partial charge on any atom is -0.294 e. The number of likely N-dealkylation sites (tertiary alicyclic amines) is 1. The van der Waals surface area contributed by atoms with Gasteiger partial charge in [0, 0.05) is 0 Å². The highest BCUT2D eigenvalue weighted by molar-refractivity contribution is 5.78. The largest absolute Gasteiger partial charge is 0.294 e. The Bertz CT molecular complexity index is 617. The third-order valence-electron chi connectivity index (χ3n) is 5.01. The van der Waals surface area contributed by atoms with Crippen molar-refractivity contribution < 1.29 is 0 Å². The van der Waals surface area contributed by atoms with Crippen molar-refractivity contribution in [2.45, 2.75) is 25.7 Å². The zero-order valence-corrected chi connectivity index (χ0v) is 13.6. The summed E-state index contributed by atoms with van der Waals surface area (Å²) < 4.78 is 1.08. The van der Waals surface area contributed by atoms with E-state index in [2.05, 4.69) is 62.2 Å². The van der Waals surface area contributed by atoms with E-state index in [0.717, 1.165) is 10.1 Å². The zero-order valence-electron chi connectivity index (χ0n) is 13.6. The molecule has 1 saturated heterocycles. The second-order valence-electron chi connectivity index (χ2n) is 6.65. The molecule has 0 unspecified atom stereocenters. The summed E-state index contributed by atoms with van der Waals surface area (Å²) in [5.41, 5.74) is 4.96. The van der Waals surface area contributed by atoms with E-state index in [1.165, 1.54) is 55.6 Å². The van der Waals surface area contributed by atoms with E-state index >= 15 is 0 Å². The van der Waals surface area contributed by atoms with E-state index in [-0.39, 0.29) is 0 Å². The fourth-order valence-electron chi connectivity index (χ4n) is 3.47. The first-order valence-electron chi connectivity index (χ1n) is 8.39. The van der Waals surface area contributed by atoms with Crippen LogP contribution in [0, 0.1) is 0 Å². The van der Waals surface area contributed by atoms with Gasteiger partial charge in [0.25, 0.3) is 0 Å². The lowest BCUT2D eigenvalue weighted by Gasteiger charge is -2.33. The molecule has 2 aromatic rings. The molecule has 0 atom stereocenters. The molecule has 1 fully saturated rings. The first-order valence-corrected chi connectivity index (χ1v) is 8.39. The monoisotopic (exact) mass is 292 g/mol. The molecule has 0 aliphatic carbocycles. The van der Waals surface area contributed by atoms with Crippen LogP contribution in [0.5, 0.6) is 0 Å². The Morgan fingerprint density at radius 3 is 1.91 bits per heavy atom. The van der Waals surface area contributed by atoms with E-state index in [9.17, 15) is 0 Å². The average molecular weight is 292 g/mol. The summed E-state index contributed by atoms with van der Waals surface area (Å²) in [4.78, 5) is 0. The van der Waals surface area contributed by atoms with Crippen molar-refractivity contribution in [3.63, 3.8) is 0 Å². The number of hydrogen-bond acceptors (Lipinski definition) is 0. The van der Waals surface area contributed by atoms with Crippen LogP contribution in [0.2, 0.25) is 0 Å². The molecule has 0 saturated carbocycles. The van der Waals surface area contributed by atoms with Gasteiger partial charge in [-0.3, -0.25) is 4.48 Å². The van der Waals surface area contributed by atoms with Crippen molar-refractivity contribution in [3.8, 4) is 0 Å². The van der Waals surface area contributed by atoms with Gasteiger partial charge >= 0.3 is 0 Å². The molecule has 1 aliphatic heterocycles. The zero-order chi connectivity index (χ0) is 15.4. The van der Waals surface area contributed by atoms with Gasteiger partial charge in [0.2, 0.25) is 0 Å². The van der Waals surface area contributed by atoms with Crippen molar-refractivity contribution in [2.75, 3.05) is 20.1 Å². The van der Waals surface area contributed by atoms with Crippen molar-refractivity contribution in [3.05, 3.63) is 72.3 Å². The molecule has 2 aromatic carbocycles. The lowest BCUT2D eigenvalue weighted by molar-refractivity contribution is 0.342. The van der Waals surface area contributed by atoms with E-state index in [1.54, 1.807) is 0 Å². The number of benzene rings is 2. The van der Waals surface area contributed by atoms with Crippen LogP contribution in [-0.2, 0) is 0 Å². The Morgan fingerprint density at radius 1 is 0.773 bits per heavy atom. The SMILES string of the molecule is C=C(c1ccccc1)c1ccc([N+]2(C)CCCCCC2)cc1. The maximum Gasteiger partial charge on any atom is 0.132 e. The van der Waals surface area contributed by atoms with Crippen LogP contribution in [0.1, 0.15) is 36.8 Å². The van der Waals surface area contributed by atoms with Crippen LogP contribution >= 0.6 is 0 Å². The standard InChI is InChI=1S/C21H26N/c1-18(19-10-6-5-7-11-19)20-12-14-21(15-13-20)22(2)16-8-3-4-9-17-22/h5-7,10-15H,1,3-4,8-9,16-17H2,2H3/q+1. The highest BCUT2D eigenvalue weighted by atomic mass is 15.3. The summed E-state index contributed by atoms with van der Waals surface area (Å²) in [7, 11) is 2.38. The maximum atomic E-state index is 4.26. The van der Waals surface area contributed by atoms with Crippen LogP contribution in [-0.4, -0.2) is 20.1 Å². The van der Waals surface area contributed by atoms with E-state index in [1.807, 2.05) is 6.07 Å². The molecule has 0 bridgehead atoms. The van der Waals surface area contributed by atoms with Crippen molar-refractivity contribution in [2.24, 2.45) is 0 Å². The molecule has 0 radical (unpaired) electrons. The summed E-state index contributed by atoms with van der Waals surface area (Å²) in [5.74, 6) is 0. The number of rotatable bonds is 3. The Balaban J connectivity index is 1.82. The minimum absolute atomic E-state index is 1.08. The van der Waals surface area contributed by atoms with Crippen molar-refractivity contribution in [1.82, 2.24) is 4.48 Å². The maximum absolute atomic E-state index is 4.26. The molecule has 114 valence electrons. The highest BCUT2D eigenvalue weighted by Crippen LogP contribution is 2.29. The third kappa shape index (κ3) is 3.15. The second kappa shape index (κ2) is 6.50. The quantitative estimate of drug-likeness (QED) is 0.677. The van der Waals surface area contributed by atoms with Crippen LogP contribution in [0.25, 0.3) is 5.57 Å². The normalized spacial score (nSPS) is 17.7. The van der Waals surface area contributed by atoms with Gasteiger partial charge < -0.3 is 0 Å². The number of nitrogens with zero attached hydrogens (tertiary/aromatic N) is 1. The van der Waals surface area contributed by atoms with Gasteiger partial charge in [-0.15, -0.1) is 0 Å². The predicted octanol–water partition coefficient (Wildman–Crippen LogP) is 5.26. The van der Waals surface area contributed by atoms with Crippen LogP contribution in [0.15, 0.2) is 61.2 Å². The van der Waals surface area contributed by atoms with Gasteiger partial charge in [-0.2, -0.15) is 0 Å². The van der Waals surface area contributed by atoms with Gasteiger partial charge in [-0.05, 0) is 66.6 Å². The number of quaternary nitrogens is 1. The summed E-state index contributed by atoms with van der Waals surface area (Å²) in [6, 6.07) is 19.5. The topological polar surface area (TPSA) is 0 Å². The fourth-order valence-corrected chi connectivity index (χ4v) is 3.47. The summed E-state index contributed by atoms with van der Waals surface area (Å²) in [6.45, 7) is 6.79. The lowest BCUT2D eigenvalue weighted by Crippen LogP contribution is -2.45. The molecule has 0 amide bonds. The smallest absolute Gasteiger partial charge is 0.132 e. The van der Waals surface area contributed by atoms with Crippen LogP contribution in [0.4, 0.5) is 5.69 Å². The molecule has 1 nitrogen and oxygen atoms in total. The first-order chi connectivity index (χ1) is 10.7. The minimum atomic E-state index is 1.08. The predicted molar refractivity (Wildman–Crippen MR) is 96.9 cm³/mol. The molecule has 0 spiro atoms. The third-order valence-corrected chi connectivity index (χ3v) is 5.01. The van der Waals surface area contributed by atoms with Crippen molar-refractivity contribution >= 4 is 11.3 Å². The highest BCUT2D eigenvalue weighted by Gasteiger charge is 2.26. The second-order valence-corrected chi connectivity index (χ2v) is 6.65.